The van der Waals surface area contributed by atoms with Gasteiger partial charge in [0.1, 0.15) is 0 Å². The van der Waals surface area contributed by atoms with Crippen molar-refractivity contribution >= 4 is 29.1 Å². The standard InChI is InChI=1S/C18H25N3O3S/c1-11(2)21-10-13(9-16(21)22)17(23)19-20-18(24)15-8-12-6-4-3-5-7-14(12)25-15/h8,11,13H,3-7,9-10H2,1-2H3,(H,19,23)(H,20,24)/t13-/m0/s1. The number of hydrogen-bond donors (Lipinski definition) is 2. The van der Waals surface area contributed by atoms with Crippen molar-refractivity contribution in [3.05, 3.63) is 21.4 Å². The normalized spacial score (nSPS) is 20.4. The molecule has 0 unspecified atom stereocenters. The molecule has 1 aliphatic carbocycles. The van der Waals surface area contributed by atoms with Gasteiger partial charge in [-0.25, -0.2) is 0 Å². The molecule has 0 saturated carbocycles. The Labute approximate surface area is 151 Å². The van der Waals surface area contributed by atoms with Gasteiger partial charge in [0.05, 0.1) is 10.8 Å². The van der Waals surface area contributed by atoms with Gasteiger partial charge in [-0.1, -0.05) is 6.42 Å². The Hall–Kier alpha value is -1.89. The average Bonchev–Trinajstić information content (AvgIpc) is 3.10. The lowest BCUT2D eigenvalue weighted by atomic mass is 10.1. The Morgan fingerprint density at radius 3 is 2.68 bits per heavy atom. The fourth-order valence-corrected chi connectivity index (χ4v) is 4.62. The largest absolute Gasteiger partial charge is 0.339 e. The molecule has 7 heteroatoms. The summed E-state index contributed by atoms with van der Waals surface area (Å²) >= 11 is 1.52. The van der Waals surface area contributed by atoms with Crippen LogP contribution in [0.5, 0.6) is 0 Å². The van der Waals surface area contributed by atoms with Crippen LogP contribution in [-0.4, -0.2) is 35.2 Å². The van der Waals surface area contributed by atoms with Crippen LogP contribution in [-0.2, 0) is 22.4 Å². The van der Waals surface area contributed by atoms with E-state index in [0.717, 1.165) is 12.8 Å². The lowest BCUT2D eigenvalue weighted by molar-refractivity contribution is -0.130. The monoisotopic (exact) mass is 363 g/mol. The number of hydrazine groups is 1. The van der Waals surface area contributed by atoms with Gasteiger partial charge in [-0.15, -0.1) is 11.3 Å². The fourth-order valence-electron chi connectivity index (χ4n) is 3.47. The van der Waals surface area contributed by atoms with E-state index in [1.807, 2.05) is 19.9 Å². The van der Waals surface area contributed by atoms with E-state index in [9.17, 15) is 14.4 Å². The first-order valence-corrected chi connectivity index (χ1v) is 9.78. The van der Waals surface area contributed by atoms with Gasteiger partial charge in [0.25, 0.3) is 5.91 Å². The summed E-state index contributed by atoms with van der Waals surface area (Å²) in [5.74, 6) is -1.00. The molecule has 3 rings (SSSR count). The van der Waals surface area contributed by atoms with E-state index in [2.05, 4.69) is 10.9 Å². The van der Waals surface area contributed by atoms with Crippen LogP contribution in [0.25, 0.3) is 0 Å². The van der Waals surface area contributed by atoms with Gasteiger partial charge in [-0.2, -0.15) is 0 Å². The van der Waals surface area contributed by atoms with Crippen LogP contribution >= 0.6 is 11.3 Å². The van der Waals surface area contributed by atoms with Gasteiger partial charge in [0, 0.05) is 23.9 Å². The Morgan fingerprint density at radius 1 is 1.20 bits per heavy atom. The van der Waals surface area contributed by atoms with Gasteiger partial charge in [-0.05, 0) is 51.2 Å². The summed E-state index contributed by atoms with van der Waals surface area (Å²) < 4.78 is 0. The second kappa shape index (κ2) is 7.56. The Bertz CT molecular complexity index is 660. The molecule has 3 amide bonds. The zero-order chi connectivity index (χ0) is 18.0. The van der Waals surface area contributed by atoms with E-state index >= 15 is 0 Å². The fraction of sp³-hybridized carbons (Fsp3) is 0.611. The third-order valence-electron chi connectivity index (χ3n) is 4.92. The second-order valence-corrected chi connectivity index (χ2v) is 8.24. The van der Waals surface area contributed by atoms with E-state index in [0.29, 0.717) is 11.4 Å². The number of nitrogens with zero attached hydrogens (tertiary/aromatic N) is 1. The van der Waals surface area contributed by atoms with Gasteiger partial charge in [0.15, 0.2) is 0 Å². The molecule has 0 aromatic carbocycles. The lowest BCUT2D eigenvalue weighted by Crippen LogP contribution is -2.45. The lowest BCUT2D eigenvalue weighted by Gasteiger charge is -2.20. The molecule has 0 radical (unpaired) electrons. The quantitative estimate of drug-likeness (QED) is 0.637. The molecular formula is C18H25N3O3S. The first-order chi connectivity index (χ1) is 12.0. The first kappa shape index (κ1) is 17.9. The zero-order valence-corrected chi connectivity index (χ0v) is 15.6. The number of rotatable bonds is 3. The van der Waals surface area contributed by atoms with Crippen molar-refractivity contribution in [3.63, 3.8) is 0 Å². The summed E-state index contributed by atoms with van der Waals surface area (Å²) in [7, 11) is 0. The first-order valence-electron chi connectivity index (χ1n) is 8.97. The molecule has 1 saturated heterocycles. The zero-order valence-electron chi connectivity index (χ0n) is 14.8. The van der Waals surface area contributed by atoms with Gasteiger partial charge < -0.3 is 4.90 Å². The highest BCUT2D eigenvalue weighted by molar-refractivity contribution is 7.14. The maximum absolute atomic E-state index is 12.3. The van der Waals surface area contributed by atoms with E-state index in [1.54, 1.807) is 4.90 Å². The van der Waals surface area contributed by atoms with Crippen molar-refractivity contribution in [2.45, 2.75) is 58.4 Å². The number of aryl methyl sites for hydroxylation is 2. The molecule has 0 spiro atoms. The molecule has 2 aliphatic rings. The number of likely N-dealkylation sites (tertiary alicyclic amines) is 1. The van der Waals surface area contributed by atoms with Crippen molar-refractivity contribution in [3.8, 4) is 0 Å². The molecule has 25 heavy (non-hydrogen) atoms. The third kappa shape index (κ3) is 4.03. The Kier molecular flexibility index (Phi) is 5.42. The van der Waals surface area contributed by atoms with E-state index in [1.165, 1.54) is 41.0 Å². The molecule has 1 fully saturated rings. The number of hydrogen-bond acceptors (Lipinski definition) is 4. The highest BCUT2D eigenvalue weighted by Crippen LogP contribution is 2.28. The molecular weight excluding hydrogens is 338 g/mol. The summed E-state index contributed by atoms with van der Waals surface area (Å²) in [6.07, 6.45) is 5.85. The predicted molar refractivity (Wildman–Crippen MR) is 96.1 cm³/mol. The van der Waals surface area contributed by atoms with Crippen LogP contribution in [0.3, 0.4) is 0 Å². The molecule has 6 nitrogen and oxygen atoms in total. The predicted octanol–water partition coefficient (Wildman–Crippen LogP) is 2.03. The molecule has 1 aromatic rings. The maximum Gasteiger partial charge on any atom is 0.279 e. The topological polar surface area (TPSA) is 78.5 Å². The summed E-state index contributed by atoms with van der Waals surface area (Å²) in [4.78, 5) is 40.1. The minimum atomic E-state index is -0.407. The summed E-state index contributed by atoms with van der Waals surface area (Å²) in [6, 6.07) is 2.04. The molecule has 1 atom stereocenters. The minimum absolute atomic E-state index is 0.0107. The number of carbonyl (C=O) groups excluding carboxylic acids is 3. The van der Waals surface area contributed by atoms with E-state index < -0.39 is 5.92 Å². The van der Waals surface area contributed by atoms with Crippen molar-refractivity contribution in [2.75, 3.05) is 6.54 Å². The number of amides is 3. The highest BCUT2D eigenvalue weighted by Gasteiger charge is 2.35. The minimum Gasteiger partial charge on any atom is -0.339 e. The average molecular weight is 363 g/mol. The summed E-state index contributed by atoms with van der Waals surface area (Å²) in [5.41, 5.74) is 6.26. The Morgan fingerprint density at radius 2 is 1.96 bits per heavy atom. The van der Waals surface area contributed by atoms with Gasteiger partial charge >= 0.3 is 0 Å². The van der Waals surface area contributed by atoms with Crippen LogP contribution in [0.4, 0.5) is 0 Å². The van der Waals surface area contributed by atoms with Crippen LogP contribution in [0, 0.1) is 5.92 Å². The smallest absolute Gasteiger partial charge is 0.279 e. The van der Waals surface area contributed by atoms with E-state index in [4.69, 9.17) is 0 Å². The van der Waals surface area contributed by atoms with Crippen molar-refractivity contribution in [2.24, 2.45) is 5.92 Å². The maximum atomic E-state index is 12.3. The number of carbonyl (C=O) groups is 3. The molecule has 1 aliphatic heterocycles. The SMILES string of the molecule is CC(C)N1C[C@@H](C(=O)NNC(=O)c2cc3c(s2)CCCCC3)CC1=O. The second-order valence-electron chi connectivity index (χ2n) is 7.10. The number of nitrogens with one attached hydrogen (secondary N) is 2. The van der Waals surface area contributed by atoms with Crippen molar-refractivity contribution in [1.82, 2.24) is 15.8 Å². The van der Waals surface area contributed by atoms with Crippen LogP contribution < -0.4 is 10.9 Å². The third-order valence-corrected chi connectivity index (χ3v) is 6.16. The Balaban J connectivity index is 1.54. The van der Waals surface area contributed by atoms with Crippen LogP contribution in [0.15, 0.2) is 6.07 Å². The molecule has 2 N–H and O–H groups in total. The molecule has 0 bridgehead atoms. The van der Waals surface area contributed by atoms with E-state index in [-0.39, 0.29) is 30.2 Å². The number of thiophene rings is 1. The number of fused-ring (bicyclic) bond motifs is 1. The van der Waals surface area contributed by atoms with Crippen LogP contribution in [0.1, 0.15) is 59.6 Å². The van der Waals surface area contributed by atoms with Crippen molar-refractivity contribution < 1.29 is 14.4 Å². The van der Waals surface area contributed by atoms with Crippen LogP contribution in [0.2, 0.25) is 0 Å². The highest BCUT2D eigenvalue weighted by atomic mass is 32.1. The molecule has 2 heterocycles. The van der Waals surface area contributed by atoms with Gasteiger partial charge in [0.2, 0.25) is 11.8 Å². The molecule has 1 aromatic heterocycles. The summed E-state index contributed by atoms with van der Waals surface area (Å²) in [6.45, 7) is 4.27. The van der Waals surface area contributed by atoms with Crippen molar-refractivity contribution in [1.29, 1.82) is 0 Å². The summed E-state index contributed by atoms with van der Waals surface area (Å²) in [5, 5.41) is 0. The molecule has 136 valence electrons. The van der Waals surface area contributed by atoms with Gasteiger partial charge in [-0.3, -0.25) is 25.2 Å².